The normalized spacial score (nSPS) is 14.6. The summed E-state index contributed by atoms with van der Waals surface area (Å²) in [5.74, 6) is 2.46. The van der Waals surface area contributed by atoms with Crippen LogP contribution in [-0.2, 0) is 22.6 Å². The molecule has 0 unspecified atom stereocenters. The lowest BCUT2D eigenvalue weighted by molar-refractivity contribution is -0.133. The van der Waals surface area contributed by atoms with E-state index in [0.29, 0.717) is 59.3 Å². The van der Waals surface area contributed by atoms with Gasteiger partial charge in [-0.05, 0) is 55.0 Å². The lowest BCUT2D eigenvalue weighted by atomic mass is 10.2. The average Bonchev–Trinajstić information content (AvgIpc) is 3.60. The highest BCUT2D eigenvalue weighted by Gasteiger charge is 2.25. The van der Waals surface area contributed by atoms with Gasteiger partial charge in [-0.25, -0.2) is 4.79 Å². The minimum atomic E-state index is -0.437. The van der Waals surface area contributed by atoms with Gasteiger partial charge in [-0.1, -0.05) is 29.3 Å². The molecule has 0 aliphatic carbocycles. The molecule has 10 nitrogen and oxygen atoms in total. The summed E-state index contributed by atoms with van der Waals surface area (Å²) in [5.41, 5.74) is 1.27. The molecule has 0 saturated carbocycles. The van der Waals surface area contributed by atoms with Crippen LogP contribution in [-0.4, -0.2) is 79.4 Å². The minimum Gasteiger partial charge on any atom is -0.464 e. The molecule has 0 spiro atoms. The fourth-order valence-electron chi connectivity index (χ4n) is 4.64. The summed E-state index contributed by atoms with van der Waals surface area (Å²) < 4.78 is 22.2. The monoisotopic (exact) mass is 602 g/mol. The molecule has 41 heavy (non-hydrogen) atoms. The molecular formula is C29H32Cl2N4O6. The molecule has 1 N–H and O–H groups in total. The number of anilines is 1. The van der Waals surface area contributed by atoms with E-state index in [-0.39, 0.29) is 32.3 Å². The number of furan rings is 1. The number of carbonyl (C=O) groups is 2. The molecule has 12 heteroatoms. The van der Waals surface area contributed by atoms with Crippen molar-refractivity contribution in [1.29, 1.82) is 0 Å². The standard InChI is InChI=1S/C29H32Cl2N4O6/c1-20-2-5-23(41-20)17-35(16-21-3-7-26-27(14-21)40-19-39-26)28(36)18-34(9-8-33-10-12-38-13-11-33)29(37)32-25-6-4-22(30)15-24(25)31/h2-7,14-15H,8-13,16-19H2,1H3,(H,32,37). The molecule has 218 valence electrons. The van der Waals surface area contributed by atoms with Crippen molar-refractivity contribution < 1.29 is 28.2 Å². The van der Waals surface area contributed by atoms with Crippen LogP contribution in [0.3, 0.4) is 0 Å². The van der Waals surface area contributed by atoms with E-state index in [1.165, 1.54) is 4.90 Å². The van der Waals surface area contributed by atoms with Crippen molar-refractivity contribution in [2.75, 3.05) is 58.0 Å². The van der Waals surface area contributed by atoms with Gasteiger partial charge in [-0.3, -0.25) is 9.69 Å². The summed E-state index contributed by atoms with van der Waals surface area (Å²) in [6, 6.07) is 13.7. The van der Waals surface area contributed by atoms with Crippen LogP contribution in [0.2, 0.25) is 10.0 Å². The highest BCUT2D eigenvalue weighted by molar-refractivity contribution is 6.36. The second kappa shape index (κ2) is 13.5. The lowest BCUT2D eigenvalue weighted by Gasteiger charge is -2.31. The Morgan fingerprint density at radius 2 is 1.76 bits per heavy atom. The molecule has 1 fully saturated rings. The van der Waals surface area contributed by atoms with Crippen LogP contribution in [0.25, 0.3) is 0 Å². The molecular weight excluding hydrogens is 571 g/mol. The van der Waals surface area contributed by atoms with Crippen molar-refractivity contribution in [2.24, 2.45) is 0 Å². The maximum atomic E-state index is 13.9. The molecule has 3 heterocycles. The molecule has 0 radical (unpaired) electrons. The topological polar surface area (TPSA) is 96.7 Å². The minimum absolute atomic E-state index is 0.147. The zero-order valence-electron chi connectivity index (χ0n) is 22.7. The highest BCUT2D eigenvalue weighted by atomic mass is 35.5. The number of halogens is 2. The Bertz CT molecular complexity index is 1380. The average molecular weight is 604 g/mol. The molecule has 5 rings (SSSR count). The fraction of sp³-hybridized carbons (Fsp3) is 0.379. The van der Waals surface area contributed by atoms with Gasteiger partial charge in [0.2, 0.25) is 12.7 Å². The number of nitrogens with zero attached hydrogens (tertiary/aromatic N) is 3. The molecule has 1 aromatic heterocycles. The summed E-state index contributed by atoms with van der Waals surface area (Å²) in [7, 11) is 0. The first-order chi connectivity index (χ1) is 19.8. The first-order valence-corrected chi connectivity index (χ1v) is 14.1. The molecule has 3 aromatic rings. The van der Waals surface area contributed by atoms with Crippen LogP contribution in [0.15, 0.2) is 52.9 Å². The van der Waals surface area contributed by atoms with Gasteiger partial charge in [0.15, 0.2) is 11.5 Å². The third-order valence-electron chi connectivity index (χ3n) is 6.88. The predicted molar refractivity (Wildman–Crippen MR) is 155 cm³/mol. The van der Waals surface area contributed by atoms with E-state index in [9.17, 15) is 9.59 Å². The Kier molecular flexibility index (Phi) is 9.56. The Labute approximate surface area is 248 Å². The number of benzene rings is 2. The van der Waals surface area contributed by atoms with E-state index in [2.05, 4.69) is 10.2 Å². The van der Waals surface area contributed by atoms with E-state index in [0.717, 1.165) is 24.4 Å². The number of rotatable bonds is 10. The molecule has 1 saturated heterocycles. The third-order valence-corrected chi connectivity index (χ3v) is 7.43. The quantitative estimate of drug-likeness (QED) is 0.348. The zero-order chi connectivity index (χ0) is 28.8. The number of amides is 3. The zero-order valence-corrected chi connectivity index (χ0v) is 24.2. The van der Waals surface area contributed by atoms with Gasteiger partial charge in [0.1, 0.15) is 18.1 Å². The van der Waals surface area contributed by atoms with E-state index in [1.807, 2.05) is 37.3 Å². The van der Waals surface area contributed by atoms with Gasteiger partial charge < -0.3 is 33.7 Å². The number of morpholine rings is 1. The number of ether oxygens (including phenoxy) is 3. The Morgan fingerprint density at radius 1 is 0.951 bits per heavy atom. The number of carbonyl (C=O) groups excluding carboxylic acids is 2. The van der Waals surface area contributed by atoms with Gasteiger partial charge in [0.05, 0.1) is 30.5 Å². The van der Waals surface area contributed by atoms with Crippen LogP contribution in [0.4, 0.5) is 10.5 Å². The van der Waals surface area contributed by atoms with Crippen molar-refractivity contribution in [3.63, 3.8) is 0 Å². The van der Waals surface area contributed by atoms with E-state index in [1.54, 1.807) is 23.1 Å². The fourth-order valence-corrected chi connectivity index (χ4v) is 5.09. The van der Waals surface area contributed by atoms with Crippen molar-refractivity contribution in [1.82, 2.24) is 14.7 Å². The smallest absolute Gasteiger partial charge is 0.322 e. The molecule has 2 aromatic carbocycles. The van der Waals surface area contributed by atoms with E-state index in [4.69, 9.17) is 41.8 Å². The van der Waals surface area contributed by atoms with Gasteiger partial charge in [-0.15, -0.1) is 0 Å². The third kappa shape index (κ3) is 7.85. The lowest BCUT2D eigenvalue weighted by Crippen LogP contribution is -2.48. The summed E-state index contributed by atoms with van der Waals surface area (Å²) in [4.78, 5) is 32.7. The molecule has 3 amide bonds. The van der Waals surface area contributed by atoms with E-state index >= 15 is 0 Å². The molecule has 2 aliphatic heterocycles. The van der Waals surface area contributed by atoms with Gasteiger partial charge in [0, 0.05) is 37.7 Å². The van der Waals surface area contributed by atoms with Crippen molar-refractivity contribution in [3.05, 3.63) is 75.7 Å². The number of fused-ring (bicyclic) bond motifs is 1. The highest BCUT2D eigenvalue weighted by Crippen LogP contribution is 2.33. The number of urea groups is 1. The second-order valence-electron chi connectivity index (χ2n) is 9.88. The molecule has 0 bridgehead atoms. The predicted octanol–water partition coefficient (Wildman–Crippen LogP) is 5.02. The van der Waals surface area contributed by atoms with E-state index < -0.39 is 6.03 Å². The van der Waals surface area contributed by atoms with Crippen LogP contribution in [0.5, 0.6) is 11.5 Å². The SMILES string of the molecule is Cc1ccc(CN(Cc2ccc3c(c2)OCO3)C(=O)CN(CCN2CCOCC2)C(=O)Nc2ccc(Cl)cc2Cl)o1. The Morgan fingerprint density at radius 3 is 2.51 bits per heavy atom. The largest absolute Gasteiger partial charge is 0.464 e. The maximum absolute atomic E-state index is 13.9. The van der Waals surface area contributed by atoms with Gasteiger partial charge >= 0.3 is 6.03 Å². The summed E-state index contributed by atoms with van der Waals surface area (Å²) >= 11 is 12.3. The summed E-state index contributed by atoms with van der Waals surface area (Å²) in [6.45, 7) is 6.13. The van der Waals surface area contributed by atoms with Crippen LogP contribution >= 0.6 is 23.2 Å². The molecule has 0 atom stereocenters. The van der Waals surface area contributed by atoms with Crippen LogP contribution in [0.1, 0.15) is 17.1 Å². The van der Waals surface area contributed by atoms with Gasteiger partial charge in [-0.2, -0.15) is 0 Å². The first-order valence-electron chi connectivity index (χ1n) is 13.4. The van der Waals surface area contributed by atoms with Crippen LogP contribution in [0, 0.1) is 6.92 Å². The van der Waals surface area contributed by atoms with Crippen molar-refractivity contribution in [3.8, 4) is 11.5 Å². The number of aryl methyl sites for hydroxylation is 1. The van der Waals surface area contributed by atoms with Crippen molar-refractivity contribution >= 4 is 40.8 Å². The summed E-state index contributed by atoms with van der Waals surface area (Å²) in [6.07, 6.45) is 0. The molecule has 2 aliphatic rings. The number of hydrogen-bond acceptors (Lipinski definition) is 7. The number of nitrogens with one attached hydrogen (secondary N) is 1. The van der Waals surface area contributed by atoms with Crippen LogP contribution < -0.4 is 14.8 Å². The van der Waals surface area contributed by atoms with Crippen molar-refractivity contribution in [2.45, 2.75) is 20.0 Å². The van der Waals surface area contributed by atoms with Gasteiger partial charge in [0.25, 0.3) is 0 Å². The number of hydrogen-bond donors (Lipinski definition) is 1. The maximum Gasteiger partial charge on any atom is 0.322 e. The summed E-state index contributed by atoms with van der Waals surface area (Å²) in [5, 5.41) is 3.60. The second-order valence-corrected chi connectivity index (χ2v) is 10.7. The Balaban J connectivity index is 1.34. The first kappa shape index (κ1) is 29.1. The Hall–Kier alpha value is -3.44.